The van der Waals surface area contributed by atoms with E-state index >= 15 is 0 Å². The van der Waals surface area contributed by atoms with Gasteiger partial charge >= 0.3 is 0 Å². The predicted molar refractivity (Wildman–Crippen MR) is 94.9 cm³/mol. The highest BCUT2D eigenvalue weighted by atomic mass is 32.2. The summed E-state index contributed by atoms with van der Waals surface area (Å²) in [6.07, 6.45) is 0. The number of sulfonamides is 1. The van der Waals surface area contributed by atoms with Crippen LogP contribution in [0.1, 0.15) is 22.8 Å². The number of anilines is 1. The molecule has 8 heteroatoms. The summed E-state index contributed by atoms with van der Waals surface area (Å²) in [5.41, 5.74) is 3.25. The van der Waals surface area contributed by atoms with Crippen LogP contribution in [0, 0.1) is 27.7 Å². The molecule has 0 radical (unpaired) electrons. The fraction of sp³-hybridized carbons (Fsp3) is 0.294. The summed E-state index contributed by atoms with van der Waals surface area (Å²) in [6.45, 7) is 7.15. The summed E-state index contributed by atoms with van der Waals surface area (Å²) in [5, 5.41) is 7.83. The van der Waals surface area contributed by atoms with Gasteiger partial charge in [-0.2, -0.15) is 0 Å². The van der Waals surface area contributed by atoms with Gasteiger partial charge < -0.3 is 8.98 Å². The van der Waals surface area contributed by atoms with Gasteiger partial charge in [0.25, 0.3) is 15.9 Å². The Hall–Kier alpha value is -2.61. The van der Waals surface area contributed by atoms with Gasteiger partial charge in [-0.25, -0.2) is 8.42 Å². The Morgan fingerprint density at radius 1 is 1.08 bits per heavy atom. The van der Waals surface area contributed by atoms with Crippen molar-refractivity contribution in [3.8, 4) is 11.5 Å². The van der Waals surface area contributed by atoms with Gasteiger partial charge in [0.2, 0.25) is 5.89 Å². The number of benzene rings is 1. The lowest BCUT2D eigenvalue weighted by Crippen LogP contribution is -2.15. The highest BCUT2D eigenvalue weighted by molar-refractivity contribution is 7.93. The maximum absolute atomic E-state index is 13.1. The fourth-order valence-electron chi connectivity index (χ4n) is 2.81. The predicted octanol–water partition coefficient (Wildman–Crippen LogP) is 3.11. The molecule has 25 heavy (non-hydrogen) atoms. The third-order valence-electron chi connectivity index (χ3n) is 4.20. The third kappa shape index (κ3) is 3.05. The summed E-state index contributed by atoms with van der Waals surface area (Å²) in [5.74, 6) is 0.578. The van der Waals surface area contributed by atoms with Crippen molar-refractivity contribution in [1.29, 1.82) is 0 Å². The molecule has 0 unspecified atom stereocenters. The quantitative estimate of drug-likeness (QED) is 0.772. The maximum atomic E-state index is 13.1. The van der Waals surface area contributed by atoms with Crippen LogP contribution in [0.25, 0.3) is 11.5 Å². The van der Waals surface area contributed by atoms with Crippen molar-refractivity contribution in [3.63, 3.8) is 0 Å². The SMILES string of the molecule is Cc1cccc(NS(=O)(=O)c2c(-c3nnc(C)o3)c(C)n(C)c2C)c1. The highest BCUT2D eigenvalue weighted by Gasteiger charge is 2.30. The zero-order chi connectivity index (χ0) is 18.4. The third-order valence-corrected chi connectivity index (χ3v) is 5.74. The number of nitrogens with zero attached hydrogens (tertiary/aromatic N) is 3. The lowest BCUT2D eigenvalue weighted by molar-refractivity contribution is 0.530. The Balaban J connectivity index is 2.17. The Labute approximate surface area is 146 Å². The molecule has 0 aliphatic rings. The molecule has 2 heterocycles. The van der Waals surface area contributed by atoms with Crippen molar-refractivity contribution in [2.45, 2.75) is 32.6 Å². The van der Waals surface area contributed by atoms with Crippen LogP contribution in [0.15, 0.2) is 33.6 Å². The second kappa shape index (κ2) is 6.03. The van der Waals surface area contributed by atoms with Crippen LogP contribution in [0.5, 0.6) is 0 Å². The molecule has 0 fully saturated rings. The first-order chi connectivity index (χ1) is 11.7. The second-order valence-electron chi connectivity index (χ2n) is 6.04. The Bertz CT molecular complexity index is 1050. The van der Waals surface area contributed by atoms with Gasteiger partial charge in [-0.3, -0.25) is 4.72 Å². The standard InChI is InChI=1S/C17H20N4O3S/c1-10-7-6-8-14(9-10)20-25(22,23)16-12(3)21(5)11(2)15(16)17-19-18-13(4)24-17/h6-9,20H,1-5H3. The minimum absolute atomic E-state index is 0.151. The van der Waals surface area contributed by atoms with Crippen LogP contribution in [0.4, 0.5) is 5.69 Å². The van der Waals surface area contributed by atoms with Gasteiger partial charge in [0.05, 0.1) is 5.56 Å². The molecule has 0 bridgehead atoms. The van der Waals surface area contributed by atoms with Crippen LogP contribution in [-0.4, -0.2) is 23.2 Å². The molecule has 3 aromatic rings. The van der Waals surface area contributed by atoms with Crippen molar-refractivity contribution in [2.24, 2.45) is 7.05 Å². The largest absolute Gasteiger partial charge is 0.421 e. The fourth-order valence-corrected chi connectivity index (χ4v) is 4.38. The van der Waals surface area contributed by atoms with Crippen LogP contribution >= 0.6 is 0 Å². The zero-order valence-corrected chi connectivity index (χ0v) is 15.6. The summed E-state index contributed by atoms with van der Waals surface area (Å²) >= 11 is 0. The molecule has 132 valence electrons. The van der Waals surface area contributed by atoms with Crippen LogP contribution in [-0.2, 0) is 17.1 Å². The monoisotopic (exact) mass is 360 g/mol. The Kier molecular flexibility index (Phi) is 4.16. The molecule has 1 N–H and O–H groups in total. The molecule has 1 aromatic carbocycles. The number of aromatic nitrogens is 3. The van der Waals surface area contributed by atoms with Gasteiger partial charge in [0, 0.05) is 31.0 Å². The van der Waals surface area contributed by atoms with Crippen LogP contribution in [0.3, 0.4) is 0 Å². The number of nitrogens with one attached hydrogen (secondary N) is 1. The van der Waals surface area contributed by atoms with Gasteiger partial charge in [-0.1, -0.05) is 12.1 Å². The van der Waals surface area contributed by atoms with Gasteiger partial charge in [0.1, 0.15) is 4.90 Å². The Morgan fingerprint density at radius 2 is 1.80 bits per heavy atom. The second-order valence-corrected chi connectivity index (χ2v) is 7.65. The van der Waals surface area contributed by atoms with Gasteiger partial charge in [-0.05, 0) is 38.5 Å². The van der Waals surface area contributed by atoms with Crippen molar-refractivity contribution in [3.05, 3.63) is 47.1 Å². The normalized spacial score (nSPS) is 11.7. The average Bonchev–Trinajstić information content (AvgIpc) is 3.04. The van der Waals surface area contributed by atoms with Crippen molar-refractivity contribution in [1.82, 2.24) is 14.8 Å². The minimum atomic E-state index is -3.83. The highest BCUT2D eigenvalue weighted by Crippen LogP contribution is 2.35. The first-order valence-corrected chi connectivity index (χ1v) is 9.25. The first kappa shape index (κ1) is 17.2. The Morgan fingerprint density at radius 3 is 2.40 bits per heavy atom. The van der Waals surface area contributed by atoms with Gasteiger partial charge in [0.15, 0.2) is 0 Å². The molecule has 7 nitrogen and oxygen atoms in total. The number of hydrogen-bond donors (Lipinski definition) is 1. The van der Waals surface area contributed by atoms with E-state index < -0.39 is 10.0 Å². The molecule has 0 atom stereocenters. The number of hydrogen-bond acceptors (Lipinski definition) is 5. The van der Waals surface area contributed by atoms with E-state index in [2.05, 4.69) is 14.9 Å². The van der Waals surface area contributed by atoms with Crippen LogP contribution in [0.2, 0.25) is 0 Å². The summed E-state index contributed by atoms with van der Waals surface area (Å²) in [7, 11) is -2.02. The van der Waals surface area contributed by atoms with Crippen LogP contribution < -0.4 is 4.72 Å². The van der Waals surface area contributed by atoms with E-state index in [1.807, 2.05) is 27.0 Å². The molecule has 0 aliphatic carbocycles. The lowest BCUT2D eigenvalue weighted by Gasteiger charge is -2.10. The maximum Gasteiger partial charge on any atom is 0.264 e. The zero-order valence-electron chi connectivity index (χ0n) is 14.8. The topological polar surface area (TPSA) is 90.0 Å². The molecule has 0 aliphatic heterocycles. The molecular weight excluding hydrogens is 340 g/mol. The number of rotatable bonds is 4. The molecule has 0 saturated carbocycles. The molecule has 0 amide bonds. The lowest BCUT2D eigenvalue weighted by atomic mass is 10.2. The van der Waals surface area contributed by atoms with Gasteiger partial charge in [-0.15, -0.1) is 10.2 Å². The van der Waals surface area contributed by atoms with E-state index in [4.69, 9.17) is 4.42 Å². The average molecular weight is 360 g/mol. The van der Waals surface area contributed by atoms with E-state index in [0.717, 1.165) is 11.3 Å². The summed E-state index contributed by atoms with van der Waals surface area (Å²) in [6, 6.07) is 7.20. The molecule has 2 aromatic heterocycles. The summed E-state index contributed by atoms with van der Waals surface area (Å²) < 4.78 is 36.1. The van der Waals surface area contributed by atoms with Crippen molar-refractivity contribution >= 4 is 15.7 Å². The summed E-state index contributed by atoms with van der Waals surface area (Å²) in [4.78, 5) is 0.151. The van der Waals surface area contributed by atoms with Crippen molar-refractivity contribution < 1.29 is 12.8 Å². The molecule has 0 spiro atoms. The first-order valence-electron chi connectivity index (χ1n) is 7.76. The minimum Gasteiger partial charge on any atom is -0.421 e. The van der Waals surface area contributed by atoms with E-state index in [0.29, 0.717) is 22.8 Å². The van der Waals surface area contributed by atoms with Crippen molar-refractivity contribution in [2.75, 3.05) is 4.72 Å². The smallest absolute Gasteiger partial charge is 0.264 e. The molecular formula is C17H20N4O3S. The molecule has 3 rings (SSSR count). The number of aryl methyl sites for hydroxylation is 2. The van der Waals surface area contributed by atoms with E-state index in [-0.39, 0.29) is 10.8 Å². The van der Waals surface area contributed by atoms with E-state index in [1.165, 1.54) is 0 Å². The van der Waals surface area contributed by atoms with E-state index in [9.17, 15) is 8.42 Å². The molecule has 0 saturated heterocycles. The van der Waals surface area contributed by atoms with E-state index in [1.54, 1.807) is 36.6 Å².